The Morgan fingerprint density at radius 2 is 2.18 bits per heavy atom. The predicted octanol–water partition coefficient (Wildman–Crippen LogP) is 3.14. The van der Waals surface area contributed by atoms with Crippen LogP contribution in [0.2, 0.25) is 0 Å². The average molecular weight is 313 g/mol. The Morgan fingerprint density at radius 3 is 2.91 bits per heavy atom. The normalized spacial score (nSPS) is 13.4. The number of carbonyl (C=O) groups is 2. The highest BCUT2D eigenvalue weighted by Crippen LogP contribution is 2.29. The summed E-state index contributed by atoms with van der Waals surface area (Å²) in [6.07, 6.45) is 4.17. The van der Waals surface area contributed by atoms with E-state index >= 15 is 0 Å². The van der Waals surface area contributed by atoms with E-state index in [0.29, 0.717) is 12.1 Å². The van der Waals surface area contributed by atoms with Crippen LogP contribution < -0.4 is 4.90 Å². The molecule has 1 amide bonds. The summed E-state index contributed by atoms with van der Waals surface area (Å²) in [6.45, 7) is 0.633. The molecule has 3 rings (SSSR count). The number of thiophene rings is 1. The van der Waals surface area contributed by atoms with E-state index in [-0.39, 0.29) is 11.9 Å². The van der Waals surface area contributed by atoms with Crippen LogP contribution in [0.15, 0.2) is 41.8 Å². The maximum atomic E-state index is 12.3. The molecule has 2 heterocycles. The Bertz CT molecular complexity index is 734. The molecule has 0 atom stereocenters. The molecule has 0 bridgehead atoms. The van der Waals surface area contributed by atoms with Crippen molar-refractivity contribution in [3.63, 3.8) is 0 Å². The molecule has 0 aliphatic carbocycles. The fraction of sp³-hybridized carbons (Fsp3) is 0.176. The van der Waals surface area contributed by atoms with E-state index in [4.69, 9.17) is 4.74 Å². The van der Waals surface area contributed by atoms with Gasteiger partial charge in [-0.25, -0.2) is 4.79 Å². The second-order valence-corrected chi connectivity index (χ2v) is 5.90. The van der Waals surface area contributed by atoms with Gasteiger partial charge in [-0.3, -0.25) is 4.79 Å². The van der Waals surface area contributed by atoms with Gasteiger partial charge >= 0.3 is 5.97 Å². The number of rotatable bonds is 3. The molecule has 0 fully saturated rings. The van der Waals surface area contributed by atoms with Gasteiger partial charge in [0.25, 0.3) is 5.91 Å². The van der Waals surface area contributed by atoms with Crippen LogP contribution >= 0.6 is 11.3 Å². The molecular weight excluding hydrogens is 298 g/mol. The molecule has 1 aromatic carbocycles. The minimum absolute atomic E-state index is 0.0435. The first kappa shape index (κ1) is 14.5. The number of nitrogens with zero attached hydrogens (tertiary/aromatic N) is 1. The van der Waals surface area contributed by atoms with Crippen LogP contribution in [0.3, 0.4) is 0 Å². The first-order valence-electron chi connectivity index (χ1n) is 6.93. The molecular formula is C17H15NO3S. The average Bonchev–Trinajstić information content (AvgIpc) is 3.20. The molecule has 2 aromatic rings. The third kappa shape index (κ3) is 2.80. The molecule has 22 heavy (non-hydrogen) atoms. The monoisotopic (exact) mass is 313 g/mol. The molecule has 4 nitrogen and oxygen atoms in total. The molecule has 0 spiro atoms. The van der Waals surface area contributed by atoms with E-state index < -0.39 is 0 Å². The smallest absolute Gasteiger partial charge is 0.337 e. The molecule has 0 unspecified atom stereocenters. The second kappa shape index (κ2) is 6.15. The SMILES string of the molecule is COC(=O)c1ccc2c(c1)CCN2C(=O)/C=C/c1cccs1. The van der Waals surface area contributed by atoms with Crippen molar-refractivity contribution in [3.8, 4) is 0 Å². The van der Waals surface area contributed by atoms with Gasteiger partial charge in [0.15, 0.2) is 0 Å². The van der Waals surface area contributed by atoms with Crippen LogP contribution in [-0.4, -0.2) is 25.5 Å². The van der Waals surface area contributed by atoms with Crippen molar-refractivity contribution in [1.29, 1.82) is 0 Å². The molecule has 5 heteroatoms. The highest BCUT2D eigenvalue weighted by molar-refractivity contribution is 7.10. The quantitative estimate of drug-likeness (QED) is 0.646. The fourth-order valence-electron chi connectivity index (χ4n) is 2.50. The minimum atomic E-state index is -0.356. The van der Waals surface area contributed by atoms with Gasteiger partial charge < -0.3 is 9.64 Å². The molecule has 1 aromatic heterocycles. The van der Waals surface area contributed by atoms with E-state index in [1.54, 1.807) is 34.4 Å². The standard InChI is InChI=1S/C17H15NO3S/c1-21-17(20)13-4-6-15-12(11-13)8-9-18(15)16(19)7-5-14-3-2-10-22-14/h2-7,10-11H,8-9H2,1H3/b7-5+. The number of amides is 1. The Hall–Kier alpha value is -2.40. The summed E-state index contributed by atoms with van der Waals surface area (Å²) in [4.78, 5) is 26.7. The van der Waals surface area contributed by atoms with Crippen molar-refractivity contribution in [2.45, 2.75) is 6.42 Å². The summed E-state index contributed by atoms with van der Waals surface area (Å²) in [5, 5.41) is 1.98. The lowest BCUT2D eigenvalue weighted by Gasteiger charge is -2.15. The van der Waals surface area contributed by atoms with Crippen molar-refractivity contribution in [1.82, 2.24) is 0 Å². The first-order chi connectivity index (χ1) is 10.7. The van der Waals surface area contributed by atoms with Crippen molar-refractivity contribution in [2.75, 3.05) is 18.6 Å². The molecule has 0 N–H and O–H groups in total. The number of hydrogen-bond donors (Lipinski definition) is 0. The lowest BCUT2D eigenvalue weighted by Crippen LogP contribution is -2.26. The number of ether oxygens (including phenoxy) is 1. The van der Waals surface area contributed by atoms with Gasteiger partial charge in [0, 0.05) is 23.2 Å². The van der Waals surface area contributed by atoms with Gasteiger partial charge in [0.05, 0.1) is 12.7 Å². The fourth-order valence-corrected chi connectivity index (χ4v) is 3.12. The van der Waals surface area contributed by atoms with Crippen LogP contribution in [-0.2, 0) is 16.0 Å². The number of carbonyl (C=O) groups excluding carboxylic acids is 2. The number of esters is 1. The summed E-state index contributed by atoms with van der Waals surface area (Å²) in [5.41, 5.74) is 2.39. The Labute approximate surface area is 132 Å². The van der Waals surface area contributed by atoms with E-state index in [9.17, 15) is 9.59 Å². The van der Waals surface area contributed by atoms with Crippen molar-refractivity contribution >= 4 is 35.0 Å². The summed E-state index contributed by atoms with van der Waals surface area (Å²) in [7, 11) is 1.36. The van der Waals surface area contributed by atoms with Crippen molar-refractivity contribution < 1.29 is 14.3 Å². The summed E-state index contributed by atoms with van der Waals surface area (Å²) in [5.74, 6) is -0.400. The lowest BCUT2D eigenvalue weighted by molar-refractivity contribution is -0.114. The maximum absolute atomic E-state index is 12.3. The van der Waals surface area contributed by atoms with Gasteiger partial charge in [-0.05, 0) is 47.7 Å². The third-order valence-corrected chi connectivity index (χ3v) is 4.43. The highest BCUT2D eigenvalue weighted by atomic mass is 32.1. The molecule has 112 valence electrons. The highest BCUT2D eigenvalue weighted by Gasteiger charge is 2.24. The van der Waals surface area contributed by atoms with Gasteiger partial charge in [-0.2, -0.15) is 0 Å². The van der Waals surface area contributed by atoms with Crippen molar-refractivity contribution in [2.24, 2.45) is 0 Å². The topological polar surface area (TPSA) is 46.6 Å². The summed E-state index contributed by atoms with van der Waals surface area (Å²) in [6, 6.07) is 9.23. The number of methoxy groups -OCH3 is 1. The summed E-state index contributed by atoms with van der Waals surface area (Å²) < 4.78 is 4.72. The zero-order valence-electron chi connectivity index (χ0n) is 12.1. The van der Waals surface area contributed by atoms with Crippen LogP contribution in [0.4, 0.5) is 5.69 Å². The number of benzene rings is 1. The van der Waals surface area contributed by atoms with E-state index in [1.807, 2.05) is 29.7 Å². The second-order valence-electron chi connectivity index (χ2n) is 4.92. The Morgan fingerprint density at radius 1 is 1.32 bits per heavy atom. The van der Waals surface area contributed by atoms with Crippen LogP contribution in [0.5, 0.6) is 0 Å². The number of hydrogen-bond acceptors (Lipinski definition) is 4. The van der Waals surface area contributed by atoms with E-state index in [2.05, 4.69) is 0 Å². The first-order valence-corrected chi connectivity index (χ1v) is 7.81. The van der Waals surface area contributed by atoms with Gasteiger partial charge in [0.2, 0.25) is 0 Å². The predicted molar refractivity (Wildman–Crippen MR) is 87.2 cm³/mol. The van der Waals surface area contributed by atoms with Crippen LogP contribution in [0.25, 0.3) is 6.08 Å². The van der Waals surface area contributed by atoms with E-state index in [1.165, 1.54) is 7.11 Å². The Balaban J connectivity index is 1.79. The van der Waals surface area contributed by atoms with Crippen molar-refractivity contribution in [3.05, 3.63) is 57.8 Å². The molecule has 0 saturated carbocycles. The summed E-state index contributed by atoms with van der Waals surface area (Å²) >= 11 is 1.59. The third-order valence-electron chi connectivity index (χ3n) is 3.60. The lowest BCUT2D eigenvalue weighted by atomic mass is 10.1. The molecule has 1 aliphatic rings. The number of fused-ring (bicyclic) bond motifs is 1. The van der Waals surface area contributed by atoms with Gasteiger partial charge in [-0.15, -0.1) is 11.3 Å². The zero-order chi connectivity index (χ0) is 15.5. The van der Waals surface area contributed by atoms with Gasteiger partial charge in [0.1, 0.15) is 0 Å². The molecule has 0 radical (unpaired) electrons. The van der Waals surface area contributed by atoms with Gasteiger partial charge in [-0.1, -0.05) is 6.07 Å². The van der Waals surface area contributed by atoms with Crippen LogP contribution in [0.1, 0.15) is 20.8 Å². The van der Waals surface area contributed by atoms with Crippen LogP contribution in [0, 0.1) is 0 Å². The molecule has 0 saturated heterocycles. The Kier molecular flexibility index (Phi) is 4.06. The zero-order valence-corrected chi connectivity index (χ0v) is 12.9. The number of anilines is 1. The molecule has 1 aliphatic heterocycles. The maximum Gasteiger partial charge on any atom is 0.337 e. The van der Waals surface area contributed by atoms with E-state index in [0.717, 1.165) is 22.5 Å². The largest absolute Gasteiger partial charge is 0.465 e. The minimum Gasteiger partial charge on any atom is -0.465 e.